The molecule has 0 spiro atoms. The maximum absolute atomic E-state index is 11.1. The monoisotopic (exact) mass is 212 g/mol. The lowest BCUT2D eigenvalue weighted by molar-refractivity contribution is -0.771. The Balaban J connectivity index is 2.93. The SMILES string of the molecule is CC(=O)C1COC(C)(C)[N+]1(Cl)Cl. The molecule has 3 nitrogen and oxygen atoms in total. The number of ether oxygens (including phenoxy) is 1. The van der Waals surface area contributed by atoms with Crippen molar-refractivity contribution in [2.75, 3.05) is 6.61 Å². The van der Waals surface area contributed by atoms with Gasteiger partial charge in [-0.15, -0.1) is 0 Å². The van der Waals surface area contributed by atoms with Crippen LogP contribution in [0.3, 0.4) is 0 Å². The largest absolute Gasteiger partial charge is 0.318 e. The molecule has 0 saturated carbocycles. The minimum Gasteiger partial charge on any atom is -0.318 e. The summed E-state index contributed by atoms with van der Waals surface area (Å²) < 4.78 is 4.89. The van der Waals surface area contributed by atoms with Gasteiger partial charge in [-0.05, 0) is 0 Å². The minimum absolute atomic E-state index is 0.0504. The molecule has 1 unspecified atom stereocenters. The summed E-state index contributed by atoms with van der Waals surface area (Å²) in [6.07, 6.45) is 0. The number of ketones is 1. The van der Waals surface area contributed by atoms with E-state index in [9.17, 15) is 4.79 Å². The molecule has 0 aromatic carbocycles. The van der Waals surface area contributed by atoms with E-state index in [1.165, 1.54) is 6.92 Å². The maximum atomic E-state index is 11.1. The Kier molecular flexibility index (Phi) is 2.43. The summed E-state index contributed by atoms with van der Waals surface area (Å²) in [5.41, 5.74) is -0.709. The normalized spacial score (nSPS) is 31.9. The highest BCUT2D eigenvalue weighted by Crippen LogP contribution is 2.42. The highest BCUT2D eigenvalue weighted by atomic mass is 35.5. The lowest BCUT2D eigenvalue weighted by atomic mass is 10.2. The standard InChI is InChI=1S/C7H12Cl2NO2/c1-5(11)6-4-12-7(2,3)10(6,8)9/h6H,4H2,1-3H3/q+1. The van der Waals surface area contributed by atoms with Crippen molar-refractivity contribution in [3.8, 4) is 0 Å². The highest BCUT2D eigenvalue weighted by molar-refractivity contribution is 6.25. The molecular formula is C7H12Cl2NO2+. The van der Waals surface area contributed by atoms with E-state index in [4.69, 9.17) is 28.3 Å². The summed E-state index contributed by atoms with van der Waals surface area (Å²) in [5.74, 6) is -0.0504. The van der Waals surface area contributed by atoms with Gasteiger partial charge in [-0.25, -0.2) is 0 Å². The van der Waals surface area contributed by atoms with Crippen LogP contribution in [0.4, 0.5) is 0 Å². The van der Waals surface area contributed by atoms with Gasteiger partial charge in [0.25, 0.3) is 0 Å². The molecule has 1 saturated heterocycles. The molecule has 1 heterocycles. The van der Waals surface area contributed by atoms with Crippen molar-refractivity contribution >= 4 is 29.3 Å². The predicted octanol–water partition coefficient (Wildman–Crippen LogP) is 1.83. The smallest absolute Gasteiger partial charge is 0.231 e. The fourth-order valence-electron chi connectivity index (χ4n) is 1.18. The number of carbonyl (C=O) groups is 1. The van der Waals surface area contributed by atoms with Crippen molar-refractivity contribution in [3.05, 3.63) is 0 Å². The van der Waals surface area contributed by atoms with Crippen molar-refractivity contribution < 1.29 is 13.1 Å². The first-order chi connectivity index (χ1) is 5.29. The van der Waals surface area contributed by atoms with Crippen molar-refractivity contribution in [2.45, 2.75) is 32.5 Å². The van der Waals surface area contributed by atoms with Crippen molar-refractivity contribution in [1.29, 1.82) is 0 Å². The zero-order chi connectivity index (χ0) is 9.57. The number of carbonyl (C=O) groups excluding carboxylic acids is 1. The fraction of sp³-hybridized carbons (Fsp3) is 0.857. The molecular weight excluding hydrogens is 201 g/mol. The number of Topliss-reactive ketones (excluding diaryl/α,β-unsaturated/α-hetero) is 1. The van der Waals surface area contributed by atoms with Gasteiger partial charge in [-0.1, -0.05) is 3.52 Å². The lowest BCUT2D eigenvalue weighted by Crippen LogP contribution is -2.50. The Morgan fingerprint density at radius 2 is 2.08 bits per heavy atom. The second-order valence-electron chi connectivity index (χ2n) is 3.44. The summed E-state index contributed by atoms with van der Waals surface area (Å²) in [5, 5.41) is 0. The van der Waals surface area contributed by atoms with Crippen LogP contribution in [-0.2, 0) is 9.53 Å². The molecule has 0 radical (unpaired) electrons. The maximum Gasteiger partial charge on any atom is 0.231 e. The fourth-order valence-corrected chi connectivity index (χ4v) is 1.67. The third-order valence-corrected chi connectivity index (χ3v) is 3.46. The molecule has 1 aliphatic heterocycles. The third-order valence-electron chi connectivity index (χ3n) is 2.17. The van der Waals surface area contributed by atoms with Gasteiger partial charge in [0.1, 0.15) is 6.61 Å². The van der Waals surface area contributed by atoms with Crippen molar-refractivity contribution in [3.63, 3.8) is 0 Å². The number of hydrogen-bond donors (Lipinski definition) is 0. The molecule has 1 aliphatic rings. The van der Waals surface area contributed by atoms with E-state index in [2.05, 4.69) is 0 Å². The van der Waals surface area contributed by atoms with Gasteiger partial charge >= 0.3 is 0 Å². The second-order valence-corrected chi connectivity index (χ2v) is 4.68. The summed E-state index contributed by atoms with van der Waals surface area (Å²) in [6.45, 7) is 5.27. The van der Waals surface area contributed by atoms with Gasteiger partial charge in [0.15, 0.2) is 29.3 Å². The van der Waals surface area contributed by atoms with Gasteiger partial charge in [-0.3, -0.25) is 4.79 Å². The first-order valence-corrected chi connectivity index (χ1v) is 4.39. The second kappa shape index (κ2) is 2.84. The van der Waals surface area contributed by atoms with E-state index < -0.39 is 15.3 Å². The van der Waals surface area contributed by atoms with Gasteiger partial charge in [0, 0.05) is 20.8 Å². The van der Waals surface area contributed by atoms with Crippen LogP contribution in [0.15, 0.2) is 0 Å². The van der Waals surface area contributed by atoms with Crippen LogP contribution in [0.25, 0.3) is 0 Å². The number of nitrogens with zero attached hydrogens (tertiary/aromatic N) is 1. The van der Waals surface area contributed by atoms with Crippen LogP contribution >= 0.6 is 23.6 Å². The van der Waals surface area contributed by atoms with E-state index in [1.54, 1.807) is 13.8 Å². The molecule has 1 fully saturated rings. The zero-order valence-electron chi connectivity index (χ0n) is 7.30. The number of hydrogen-bond acceptors (Lipinski definition) is 2. The summed E-state index contributed by atoms with van der Waals surface area (Å²) in [7, 11) is 0. The topological polar surface area (TPSA) is 26.3 Å². The van der Waals surface area contributed by atoms with E-state index in [1.807, 2.05) is 0 Å². The van der Waals surface area contributed by atoms with E-state index in [0.717, 1.165) is 0 Å². The Morgan fingerprint density at radius 3 is 2.25 bits per heavy atom. The first kappa shape index (κ1) is 10.3. The van der Waals surface area contributed by atoms with E-state index in [-0.39, 0.29) is 12.4 Å². The average Bonchev–Trinajstić information content (AvgIpc) is 2.03. The van der Waals surface area contributed by atoms with E-state index in [0.29, 0.717) is 0 Å². The van der Waals surface area contributed by atoms with Gasteiger partial charge < -0.3 is 4.74 Å². The van der Waals surface area contributed by atoms with Gasteiger partial charge in [0.2, 0.25) is 11.8 Å². The summed E-state index contributed by atoms with van der Waals surface area (Å²) in [6, 6.07) is -0.469. The molecule has 12 heavy (non-hydrogen) atoms. The third kappa shape index (κ3) is 1.35. The molecule has 1 rings (SSSR count). The molecule has 1 atom stereocenters. The lowest BCUT2D eigenvalue weighted by Gasteiger charge is -2.29. The zero-order valence-corrected chi connectivity index (χ0v) is 8.82. The Morgan fingerprint density at radius 1 is 1.58 bits per heavy atom. The molecule has 0 aromatic rings. The van der Waals surface area contributed by atoms with E-state index >= 15 is 0 Å². The number of quaternary nitrogens is 1. The van der Waals surface area contributed by atoms with Crippen LogP contribution in [0, 0.1) is 0 Å². The predicted molar refractivity (Wildman–Crippen MR) is 46.5 cm³/mol. The minimum atomic E-state index is -0.709. The van der Waals surface area contributed by atoms with Crippen LogP contribution in [0.1, 0.15) is 20.8 Å². The molecule has 0 aromatic heterocycles. The quantitative estimate of drug-likeness (QED) is 0.621. The Hall–Kier alpha value is 0.170. The number of halogens is 2. The molecule has 5 heteroatoms. The van der Waals surface area contributed by atoms with Crippen molar-refractivity contribution in [1.82, 2.24) is 0 Å². The van der Waals surface area contributed by atoms with Crippen LogP contribution in [0.5, 0.6) is 0 Å². The Labute approximate surface area is 82.0 Å². The van der Waals surface area contributed by atoms with Crippen LogP contribution < -0.4 is 0 Å². The molecule has 0 amide bonds. The average molecular weight is 213 g/mol. The summed E-state index contributed by atoms with van der Waals surface area (Å²) in [4.78, 5) is 11.1. The van der Waals surface area contributed by atoms with Gasteiger partial charge in [0.05, 0.1) is 0 Å². The Bertz CT molecular complexity index is 215. The van der Waals surface area contributed by atoms with Gasteiger partial charge in [-0.2, -0.15) is 0 Å². The van der Waals surface area contributed by atoms with Crippen LogP contribution in [0.2, 0.25) is 0 Å². The molecule has 0 bridgehead atoms. The number of rotatable bonds is 1. The molecule has 70 valence electrons. The molecule has 0 N–H and O–H groups in total. The highest BCUT2D eigenvalue weighted by Gasteiger charge is 2.59. The molecule has 0 aliphatic carbocycles. The van der Waals surface area contributed by atoms with Crippen molar-refractivity contribution in [2.24, 2.45) is 0 Å². The first-order valence-electron chi connectivity index (χ1n) is 3.71. The summed E-state index contributed by atoms with van der Waals surface area (Å²) >= 11 is 12.0. The van der Waals surface area contributed by atoms with Crippen LogP contribution in [-0.4, -0.2) is 27.7 Å².